The number of rotatable bonds is 8. The van der Waals surface area contributed by atoms with E-state index >= 15 is 0 Å². The summed E-state index contributed by atoms with van der Waals surface area (Å²) in [6.45, 7) is 2.12. The molecule has 2 aromatic carbocycles. The summed E-state index contributed by atoms with van der Waals surface area (Å²) in [7, 11) is 1.50. The number of nitrogens with one attached hydrogen (secondary N) is 1. The number of methoxy groups -OCH3 is 1. The number of nitro benzene ring substituents is 1. The number of hydrogen-bond donors (Lipinski definition) is 1. The highest BCUT2D eigenvalue weighted by atomic mass is 19.1. The highest BCUT2D eigenvalue weighted by Gasteiger charge is 2.21. The van der Waals surface area contributed by atoms with Crippen molar-refractivity contribution < 1.29 is 28.0 Å². The number of benzene rings is 2. The molecule has 0 bridgehead atoms. The molecule has 27 heavy (non-hydrogen) atoms. The zero-order valence-corrected chi connectivity index (χ0v) is 14.7. The van der Waals surface area contributed by atoms with Crippen LogP contribution in [-0.2, 0) is 9.47 Å². The number of anilines is 1. The van der Waals surface area contributed by atoms with E-state index < -0.39 is 28.6 Å². The number of ether oxygens (including phenoxy) is 2. The van der Waals surface area contributed by atoms with Crippen molar-refractivity contribution in [3.8, 4) is 0 Å². The first-order valence-electron chi connectivity index (χ1n) is 8.00. The summed E-state index contributed by atoms with van der Waals surface area (Å²) in [5.41, 5.74) is -0.141. The molecule has 0 aliphatic rings. The standard InChI is InChI=1S/C18H18F2N2O5/c1-11(14-5-4-13(19)10-15(14)20)27-18(23)12-3-6-16(21-7-8-26-2)17(9-12)22(24)25/h3-6,9-11,21H,7-8H2,1-2H3. The highest BCUT2D eigenvalue weighted by Crippen LogP contribution is 2.27. The number of nitrogens with zero attached hydrogens (tertiary/aromatic N) is 1. The fourth-order valence-electron chi connectivity index (χ4n) is 2.37. The van der Waals surface area contributed by atoms with Gasteiger partial charge in [0.15, 0.2) is 0 Å². The Morgan fingerprint density at radius 2 is 2.00 bits per heavy atom. The first-order valence-corrected chi connectivity index (χ1v) is 8.00. The lowest BCUT2D eigenvalue weighted by Crippen LogP contribution is -2.12. The lowest BCUT2D eigenvalue weighted by atomic mass is 10.1. The van der Waals surface area contributed by atoms with Crippen LogP contribution in [0.2, 0.25) is 0 Å². The van der Waals surface area contributed by atoms with Gasteiger partial charge in [0.1, 0.15) is 23.4 Å². The maximum absolute atomic E-state index is 13.8. The second kappa shape index (κ2) is 9.04. The summed E-state index contributed by atoms with van der Waals surface area (Å²) in [5.74, 6) is -2.46. The zero-order chi connectivity index (χ0) is 20.0. The first kappa shape index (κ1) is 20.2. The maximum atomic E-state index is 13.8. The molecular formula is C18H18F2N2O5. The summed E-state index contributed by atoms with van der Waals surface area (Å²) >= 11 is 0. The average molecular weight is 380 g/mol. The molecule has 0 saturated heterocycles. The molecule has 9 heteroatoms. The Labute approximate surface area is 154 Å². The van der Waals surface area contributed by atoms with E-state index in [1.165, 1.54) is 32.2 Å². The van der Waals surface area contributed by atoms with E-state index in [2.05, 4.69) is 5.32 Å². The average Bonchev–Trinajstić information content (AvgIpc) is 2.61. The fraction of sp³-hybridized carbons (Fsp3) is 0.278. The van der Waals surface area contributed by atoms with E-state index in [1.54, 1.807) is 0 Å². The second-order valence-corrected chi connectivity index (χ2v) is 5.62. The lowest BCUT2D eigenvalue weighted by molar-refractivity contribution is -0.384. The summed E-state index contributed by atoms with van der Waals surface area (Å²) in [4.78, 5) is 22.9. The molecule has 0 saturated carbocycles. The number of nitro groups is 1. The molecule has 0 aliphatic carbocycles. The Morgan fingerprint density at radius 3 is 2.63 bits per heavy atom. The maximum Gasteiger partial charge on any atom is 0.338 e. The van der Waals surface area contributed by atoms with Crippen molar-refractivity contribution in [2.24, 2.45) is 0 Å². The molecule has 0 radical (unpaired) electrons. The molecule has 1 N–H and O–H groups in total. The van der Waals surface area contributed by atoms with Crippen molar-refractivity contribution in [3.05, 3.63) is 69.3 Å². The Kier molecular flexibility index (Phi) is 6.78. The van der Waals surface area contributed by atoms with Gasteiger partial charge in [0.05, 0.1) is 17.1 Å². The number of esters is 1. The lowest BCUT2D eigenvalue weighted by Gasteiger charge is -2.15. The third kappa shape index (κ3) is 5.20. The fourth-order valence-corrected chi connectivity index (χ4v) is 2.37. The van der Waals surface area contributed by atoms with Gasteiger partial charge in [-0.3, -0.25) is 10.1 Å². The second-order valence-electron chi connectivity index (χ2n) is 5.62. The smallest absolute Gasteiger partial charge is 0.338 e. The normalized spacial score (nSPS) is 11.7. The van der Waals surface area contributed by atoms with Gasteiger partial charge in [-0.2, -0.15) is 0 Å². The number of carbonyl (C=O) groups is 1. The Bertz CT molecular complexity index is 844. The molecule has 2 aromatic rings. The van der Waals surface area contributed by atoms with Gasteiger partial charge in [-0.1, -0.05) is 0 Å². The predicted molar refractivity (Wildman–Crippen MR) is 93.7 cm³/mol. The van der Waals surface area contributed by atoms with Crippen LogP contribution in [0.5, 0.6) is 0 Å². The van der Waals surface area contributed by atoms with Gasteiger partial charge in [0, 0.05) is 31.4 Å². The minimum absolute atomic E-state index is 0.00268. The number of carbonyl (C=O) groups excluding carboxylic acids is 1. The van der Waals surface area contributed by atoms with E-state index in [-0.39, 0.29) is 22.5 Å². The van der Waals surface area contributed by atoms with Crippen LogP contribution in [0.15, 0.2) is 36.4 Å². The molecular weight excluding hydrogens is 362 g/mol. The van der Waals surface area contributed by atoms with Crippen molar-refractivity contribution in [2.75, 3.05) is 25.6 Å². The van der Waals surface area contributed by atoms with Gasteiger partial charge < -0.3 is 14.8 Å². The van der Waals surface area contributed by atoms with Crippen LogP contribution < -0.4 is 5.32 Å². The molecule has 2 rings (SSSR count). The van der Waals surface area contributed by atoms with E-state index in [0.29, 0.717) is 19.2 Å². The Morgan fingerprint density at radius 1 is 1.26 bits per heavy atom. The third-order valence-corrected chi connectivity index (χ3v) is 3.74. The summed E-state index contributed by atoms with van der Waals surface area (Å²) in [6.07, 6.45) is -1.00. The van der Waals surface area contributed by atoms with Crippen LogP contribution in [0.4, 0.5) is 20.2 Å². The minimum atomic E-state index is -1.00. The van der Waals surface area contributed by atoms with Crippen LogP contribution in [0.1, 0.15) is 28.9 Å². The molecule has 0 heterocycles. The Hall–Kier alpha value is -3.07. The minimum Gasteiger partial charge on any atom is -0.454 e. The van der Waals surface area contributed by atoms with Crippen molar-refractivity contribution in [2.45, 2.75) is 13.0 Å². The van der Waals surface area contributed by atoms with Crippen molar-refractivity contribution in [1.29, 1.82) is 0 Å². The van der Waals surface area contributed by atoms with E-state index in [4.69, 9.17) is 9.47 Å². The van der Waals surface area contributed by atoms with E-state index in [0.717, 1.165) is 12.1 Å². The zero-order valence-electron chi connectivity index (χ0n) is 14.7. The Balaban J connectivity index is 2.17. The number of halogens is 2. The van der Waals surface area contributed by atoms with Crippen molar-refractivity contribution in [1.82, 2.24) is 0 Å². The molecule has 0 spiro atoms. The van der Waals surface area contributed by atoms with Gasteiger partial charge in [0.25, 0.3) is 5.69 Å². The van der Waals surface area contributed by atoms with E-state index in [1.807, 2.05) is 0 Å². The molecule has 7 nitrogen and oxygen atoms in total. The predicted octanol–water partition coefficient (Wildman–Crippen LogP) is 3.85. The monoisotopic (exact) mass is 380 g/mol. The molecule has 1 atom stereocenters. The summed E-state index contributed by atoms with van der Waals surface area (Å²) in [5, 5.41) is 14.1. The first-order chi connectivity index (χ1) is 12.8. The topological polar surface area (TPSA) is 90.7 Å². The molecule has 0 aromatic heterocycles. The van der Waals surface area contributed by atoms with Crippen LogP contribution in [0.3, 0.4) is 0 Å². The van der Waals surface area contributed by atoms with E-state index in [9.17, 15) is 23.7 Å². The van der Waals surface area contributed by atoms with Gasteiger partial charge in [-0.25, -0.2) is 13.6 Å². The van der Waals surface area contributed by atoms with Gasteiger partial charge >= 0.3 is 5.97 Å². The molecule has 0 amide bonds. The third-order valence-electron chi connectivity index (χ3n) is 3.74. The quantitative estimate of drug-likeness (QED) is 0.324. The van der Waals surface area contributed by atoms with Crippen LogP contribution in [0, 0.1) is 21.7 Å². The van der Waals surface area contributed by atoms with Gasteiger partial charge in [0.2, 0.25) is 0 Å². The number of hydrogen-bond acceptors (Lipinski definition) is 6. The summed E-state index contributed by atoms with van der Waals surface area (Å²) < 4.78 is 36.8. The van der Waals surface area contributed by atoms with Crippen molar-refractivity contribution in [3.63, 3.8) is 0 Å². The SMILES string of the molecule is COCCNc1ccc(C(=O)OC(C)c2ccc(F)cc2F)cc1[N+](=O)[O-]. The van der Waals surface area contributed by atoms with Gasteiger partial charge in [-0.05, 0) is 31.2 Å². The molecule has 0 fully saturated rings. The van der Waals surface area contributed by atoms with Crippen molar-refractivity contribution >= 4 is 17.3 Å². The molecule has 0 aliphatic heterocycles. The largest absolute Gasteiger partial charge is 0.454 e. The van der Waals surface area contributed by atoms with Crippen LogP contribution in [0.25, 0.3) is 0 Å². The molecule has 144 valence electrons. The summed E-state index contributed by atoms with van der Waals surface area (Å²) in [6, 6.07) is 6.73. The van der Waals surface area contributed by atoms with Crippen LogP contribution in [-0.4, -0.2) is 31.2 Å². The molecule has 1 unspecified atom stereocenters. The highest BCUT2D eigenvalue weighted by molar-refractivity contribution is 5.91. The van der Waals surface area contributed by atoms with Gasteiger partial charge in [-0.15, -0.1) is 0 Å². The van der Waals surface area contributed by atoms with Crippen LogP contribution >= 0.6 is 0 Å².